The van der Waals surface area contributed by atoms with E-state index >= 15 is 0 Å². The number of nitrogens with zero attached hydrogens (tertiary/aromatic N) is 1. The van der Waals surface area contributed by atoms with Gasteiger partial charge in [-0.05, 0) is 37.1 Å². The molecule has 2 aromatic rings. The molecule has 5 heteroatoms. The van der Waals surface area contributed by atoms with Crippen LogP contribution in [-0.4, -0.2) is 16.9 Å². The van der Waals surface area contributed by atoms with Gasteiger partial charge in [0.15, 0.2) is 0 Å². The summed E-state index contributed by atoms with van der Waals surface area (Å²) >= 11 is 1.56. The molecule has 120 valence electrons. The van der Waals surface area contributed by atoms with E-state index in [1.807, 2.05) is 37.3 Å². The smallest absolute Gasteiger partial charge is 0.252 e. The highest BCUT2D eigenvalue weighted by Crippen LogP contribution is 2.17. The van der Waals surface area contributed by atoms with Crippen molar-refractivity contribution in [1.29, 1.82) is 0 Å². The zero-order valence-electron chi connectivity index (χ0n) is 13.1. The van der Waals surface area contributed by atoms with Gasteiger partial charge in [0.2, 0.25) is 0 Å². The molecular formula is C18H19FN2OS. The molecule has 0 aliphatic carbocycles. The molecule has 0 saturated carbocycles. The number of benzene rings is 2. The largest absolute Gasteiger partial charge is 0.272 e. The van der Waals surface area contributed by atoms with E-state index in [0.29, 0.717) is 5.71 Å². The Labute approximate surface area is 140 Å². The first-order chi connectivity index (χ1) is 11.1. The lowest BCUT2D eigenvalue weighted by Gasteiger charge is -2.10. The van der Waals surface area contributed by atoms with Crippen molar-refractivity contribution in [1.82, 2.24) is 5.43 Å². The third-order valence-corrected chi connectivity index (χ3v) is 4.52. The average molecular weight is 330 g/mol. The molecule has 1 amide bonds. The molecule has 2 aromatic carbocycles. The quantitative estimate of drug-likeness (QED) is 0.643. The molecule has 0 spiro atoms. The minimum Gasteiger partial charge on any atom is -0.272 e. The lowest BCUT2D eigenvalue weighted by atomic mass is 10.1. The van der Waals surface area contributed by atoms with E-state index in [1.165, 1.54) is 17.7 Å². The Bertz CT molecular complexity index is 671. The fourth-order valence-corrected chi connectivity index (χ4v) is 2.70. The summed E-state index contributed by atoms with van der Waals surface area (Å²) in [5.74, 6) is 0.333. The second-order valence-corrected chi connectivity index (χ2v) is 6.45. The molecule has 3 nitrogen and oxygen atoms in total. The van der Waals surface area contributed by atoms with E-state index < -0.39 is 0 Å². The lowest BCUT2D eigenvalue weighted by Crippen LogP contribution is -2.27. The van der Waals surface area contributed by atoms with Crippen LogP contribution in [0.15, 0.2) is 59.7 Å². The third-order valence-electron chi connectivity index (χ3n) is 3.31. The number of amides is 1. The summed E-state index contributed by atoms with van der Waals surface area (Å²) in [6.07, 6.45) is 0. The first kappa shape index (κ1) is 17.2. The van der Waals surface area contributed by atoms with Crippen molar-refractivity contribution in [2.45, 2.75) is 24.9 Å². The maximum absolute atomic E-state index is 12.9. The van der Waals surface area contributed by atoms with Crippen LogP contribution in [-0.2, 0) is 10.5 Å². The summed E-state index contributed by atoms with van der Waals surface area (Å²) in [4.78, 5) is 12.1. The minimum absolute atomic E-state index is 0.146. The van der Waals surface area contributed by atoms with Crippen molar-refractivity contribution in [2.75, 3.05) is 0 Å². The number of hydrazone groups is 1. The lowest BCUT2D eigenvalue weighted by molar-refractivity contribution is -0.120. The van der Waals surface area contributed by atoms with Crippen LogP contribution in [0.3, 0.4) is 0 Å². The van der Waals surface area contributed by atoms with Crippen LogP contribution in [0.1, 0.15) is 25.0 Å². The van der Waals surface area contributed by atoms with Crippen LogP contribution in [0, 0.1) is 5.82 Å². The van der Waals surface area contributed by atoms with E-state index in [0.717, 1.165) is 11.3 Å². The molecule has 0 aliphatic heterocycles. The highest BCUT2D eigenvalue weighted by atomic mass is 32.2. The average Bonchev–Trinajstić information content (AvgIpc) is 2.58. The Morgan fingerprint density at radius 1 is 1.17 bits per heavy atom. The summed E-state index contributed by atoms with van der Waals surface area (Å²) in [6, 6.07) is 16.0. The van der Waals surface area contributed by atoms with Crippen molar-refractivity contribution in [3.63, 3.8) is 0 Å². The third kappa shape index (κ3) is 5.53. The van der Waals surface area contributed by atoms with Crippen molar-refractivity contribution >= 4 is 23.4 Å². The highest BCUT2D eigenvalue weighted by molar-refractivity contribution is 7.99. The van der Waals surface area contributed by atoms with Gasteiger partial charge in [-0.15, -0.1) is 11.8 Å². The van der Waals surface area contributed by atoms with Gasteiger partial charge < -0.3 is 0 Å². The van der Waals surface area contributed by atoms with Crippen LogP contribution in [0.4, 0.5) is 4.39 Å². The number of hydrogen-bond acceptors (Lipinski definition) is 3. The van der Waals surface area contributed by atoms with Crippen LogP contribution < -0.4 is 5.43 Å². The van der Waals surface area contributed by atoms with Gasteiger partial charge in [0.25, 0.3) is 5.91 Å². The molecule has 0 fully saturated rings. The number of carbonyl (C=O) groups excluding carboxylic acids is 1. The molecule has 0 radical (unpaired) electrons. The van der Waals surface area contributed by atoms with E-state index in [-0.39, 0.29) is 17.0 Å². The van der Waals surface area contributed by atoms with Crippen LogP contribution in [0.5, 0.6) is 0 Å². The number of hydrogen-bond donors (Lipinski definition) is 1. The Hall–Kier alpha value is -2.14. The van der Waals surface area contributed by atoms with Gasteiger partial charge in [-0.25, -0.2) is 9.82 Å². The number of rotatable bonds is 6. The predicted molar refractivity (Wildman–Crippen MR) is 94.0 cm³/mol. The minimum atomic E-state index is -0.295. The molecule has 0 bridgehead atoms. The molecule has 0 aliphatic rings. The Morgan fingerprint density at radius 2 is 1.83 bits per heavy atom. The first-order valence-corrected chi connectivity index (χ1v) is 8.37. The highest BCUT2D eigenvalue weighted by Gasteiger charge is 2.13. The number of thioether (sulfide) groups is 1. The van der Waals surface area contributed by atoms with Gasteiger partial charge in [-0.3, -0.25) is 4.79 Å². The predicted octanol–water partition coefficient (Wildman–Crippen LogP) is 3.99. The zero-order chi connectivity index (χ0) is 16.7. The number of carbonyl (C=O) groups is 1. The van der Waals surface area contributed by atoms with Gasteiger partial charge in [0.05, 0.1) is 11.0 Å². The molecular weight excluding hydrogens is 311 g/mol. The number of nitrogens with one attached hydrogen (secondary N) is 1. The summed E-state index contributed by atoms with van der Waals surface area (Å²) in [5, 5.41) is 3.87. The molecule has 0 heterocycles. The molecule has 0 unspecified atom stereocenters. The molecule has 0 saturated heterocycles. The van der Waals surface area contributed by atoms with Gasteiger partial charge in [0, 0.05) is 5.75 Å². The van der Waals surface area contributed by atoms with E-state index in [2.05, 4.69) is 10.5 Å². The first-order valence-electron chi connectivity index (χ1n) is 7.32. The van der Waals surface area contributed by atoms with Gasteiger partial charge in [-0.2, -0.15) is 5.10 Å². The molecule has 1 atom stereocenters. The van der Waals surface area contributed by atoms with E-state index in [1.54, 1.807) is 30.8 Å². The topological polar surface area (TPSA) is 41.5 Å². The Kier molecular flexibility index (Phi) is 6.35. The van der Waals surface area contributed by atoms with E-state index in [4.69, 9.17) is 0 Å². The standard InChI is InChI=1S/C18H19FN2OS/c1-13(16-8-10-17(19)11-9-16)20-21-18(22)14(2)23-12-15-6-4-3-5-7-15/h3-11,14H,12H2,1-2H3,(H,21,22)/b20-13-/t14-/m0/s1. The maximum Gasteiger partial charge on any atom is 0.252 e. The molecule has 2 rings (SSSR count). The van der Waals surface area contributed by atoms with Crippen molar-refractivity contribution in [3.8, 4) is 0 Å². The maximum atomic E-state index is 12.9. The Balaban J connectivity index is 1.85. The molecule has 23 heavy (non-hydrogen) atoms. The molecule has 1 N–H and O–H groups in total. The van der Waals surface area contributed by atoms with E-state index in [9.17, 15) is 9.18 Å². The monoisotopic (exact) mass is 330 g/mol. The summed E-state index contributed by atoms with van der Waals surface area (Å²) < 4.78 is 12.9. The van der Waals surface area contributed by atoms with Gasteiger partial charge in [0.1, 0.15) is 5.82 Å². The SMILES string of the molecule is C/C(=N/NC(=O)[C@H](C)SCc1ccccc1)c1ccc(F)cc1. The zero-order valence-corrected chi connectivity index (χ0v) is 13.9. The normalized spacial score (nSPS) is 12.7. The molecule has 0 aromatic heterocycles. The summed E-state index contributed by atoms with van der Waals surface area (Å²) in [5.41, 5.74) is 5.16. The van der Waals surface area contributed by atoms with Crippen molar-refractivity contribution in [3.05, 3.63) is 71.5 Å². The second-order valence-electron chi connectivity index (χ2n) is 5.12. The van der Waals surface area contributed by atoms with Crippen LogP contribution in [0.2, 0.25) is 0 Å². The van der Waals surface area contributed by atoms with Crippen molar-refractivity contribution < 1.29 is 9.18 Å². The van der Waals surface area contributed by atoms with Crippen LogP contribution in [0.25, 0.3) is 0 Å². The second kappa shape index (κ2) is 8.48. The number of halogens is 1. The van der Waals surface area contributed by atoms with Crippen molar-refractivity contribution in [2.24, 2.45) is 5.10 Å². The Morgan fingerprint density at radius 3 is 2.48 bits per heavy atom. The van der Waals surface area contributed by atoms with Gasteiger partial charge in [-0.1, -0.05) is 42.5 Å². The van der Waals surface area contributed by atoms with Crippen LogP contribution >= 0.6 is 11.8 Å². The fourth-order valence-electron chi connectivity index (χ4n) is 1.86. The fraction of sp³-hybridized carbons (Fsp3) is 0.222. The summed E-state index contributed by atoms with van der Waals surface area (Å²) in [6.45, 7) is 3.63. The van der Waals surface area contributed by atoms with Gasteiger partial charge >= 0.3 is 0 Å². The summed E-state index contributed by atoms with van der Waals surface area (Å²) in [7, 11) is 0.